The molecule has 1 atom stereocenters. The van der Waals surface area contributed by atoms with Crippen LogP contribution in [0.15, 0.2) is 18.2 Å². The molecule has 0 aliphatic carbocycles. The maximum absolute atomic E-state index is 11.9. The van der Waals surface area contributed by atoms with Gasteiger partial charge in [-0.15, -0.1) is 0 Å². The maximum Gasteiger partial charge on any atom is 0.339 e. The monoisotopic (exact) mass is 284 g/mol. The number of ether oxygens (including phenoxy) is 1. The molecule has 0 saturated carbocycles. The summed E-state index contributed by atoms with van der Waals surface area (Å²) in [5.41, 5.74) is 0.629. The van der Waals surface area contributed by atoms with E-state index >= 15 is 0 Å². The van der Waals surface area contributed by atoms with Crippen LogP contribution in [-0.4, -0.2) is 32.6 Å². The number of methoxy groups -OCH3 is 1. The number of hydrogen-bond acceptors (Lipinski definition) is 4. The lowest BCUT2D eigenvalue weighted by Gasteiger charge is -2.14. The van der Waals surface area contributed by atoms with Gasteiger partial charge in [-0.25, -0.2) is 4.79 Å². The first-order chi connectivity index (χ1) is 8.99. The molecule has 0 spiro atoms. The fourth-order valence-corrected chi connectivity index (χ4v) is 1.73. The second-order valence-electron chi connectivity index (χ2n) is 4.13. The molecular formula is C13H17ClN2O3. The first kappa shape index (κ1) is 15.5. The quantitative estimate of drug-likeness (QED) is 0.811. The predicted octanol–water partition coefficient (Wildman–Crippen LogP) is 1.92. The van der Waals surface area contributed by atoms with Crippen LogP contribution in [0.4, 0.5) is 5.69 Å². The highest BCUT2D eigenvalue weighted by Gasteiger charge is 2.17. The van der Waals surface area contributed by atoms with E-state index < -0.39 is 5.97 Å². The Labute approximate surface area is 117 Å². The van der Waals surface area contributed by atoms with Crippen LogP contribution >= 0.6 is 11.6 Å². The summed E-state index contributed by atoms with van der Waals surface area (Å²) in [4.78, 5) is 23.5. The minimum Gasteiger partial charge on any atom is -0.465 e. The molecule has 5 nitrogen and oxygen atoms in total. The average Bonchev–Trinajstić information content (AvgIpc) is 2.38. The van der Waals surface area contributed by atoms with E-state index in [0.717, 1.165) is 0 Å². The molecule has 0 bridgehead atoms. The summed E-state index contributed by atoms with van der Waals surface area (Å²) in [6.45, 7) is 2.33. The molecule has 0 aliphatic rings. The molecule has 0 radical (unpaired) electrons. The molecule has 0 aliphatic heterocycles. The number of anilines is 1. The van der Waals surface area contributed by atoms with Gasteiger partial charge in [0.1, 0.15) is 0 Å². The lowest BCUT2D eigenvalue weighted by Crippen LogP contribution is -2.29. The van der Waals surface area contributed by atoms with Gasteiger partial charge in [0.25, 0.3) is 0 Å². The highest BCUT2D eigenvalue weighted by atomic mass is 35.5. The number of halogens is 1. The van der Waals surface area contributed by atoms with Crippen LogP contribution in [0.2, 0.25) is 5.02 Å². The van der Waals surface area contributed by atoms with E-state index in [4.69, 9.17) is 11.6 Å². The minimum absolute atomic E-state index is 0.193. The van der Waals surface area contributed by atoms with Crippen LogP contribution in [0.1, 0.15) is 17.3 Å². The van der Waals surface area contributed by atoms with E-state index in [0.29, 0.717) is 17.3 Å². The number of carbonyl (C=O) groups is 2. The van der Waals surface area contributed by atoms with Crippen LogP contribution in [0.25, 0.3) is 0 Å². The van der Waals surface area contributed by atoms with Gasteiger partial charge in [-0.05, 0) is 25.2 Å². The van der Waals surface area contributed by atoms with Crippen molar-refractivity contribution in [1.29, 1.82) is 0 Å². The fraction of sp³-hybridized carbons (Fsp3) is 0.385. The topological polar surface area (TPSA) is 67.4 Å². The zero-order valence-electron chi connectivity index (χ0n) is 11.1. The number of benzene rings is 1. The number of esters is 1. The van der Waals surface area contributed by atoms with Gasteiger partial charge in [-0.3, -0.25) is 4.79 Å². The standard InChI is InChI=1S/C13H17ClN2O3/c1-8(7-15-2)12(17)16-11-6-9(14)4-5-10(11)13(18)19-3/h4-6,8,15H,7H2,1-3H3,(H,16,17). The first-order valence-corrected chi connectivity index (χ1v) is 6.20. The fourth-order valence-electron chi connectivity index (χ4n) is 1.56. The molecule has 1 aromatic carbocycles. The van der Waals surface area contributed by atoms with Crippen LogP contribution in [-0.2, 0) is 9.53 Å². The molecule has 0 heterocycles. The molecule has 0 aromatic heterocycles. The third-order valence-corrected chi connectivity index (χ3v) is 2.84. The number of carbonyl (C=O) groups excluding carboxylic acids is 2. The second-order valence-corrected chi connectivity index (χ2v) is 4.57. The average molecular weight is 285 g/mol. The van der Waals surface area contributed by atoms with Crippen molar-refractivity contribution in [2.75, 3.05) is 26.0 Å². The molecule has 6 heteroatoms. The van der Waals surface area contributed by atoms with Crippen molar-refractivity contribution in [2.45, 2.75) is 6.92 Å². The van der Waals surface area contributed by atoms with Crippen LogP contribution in [0.3, 0.4) is 0 Å². The number of amides is 1. The number of hydrogen-bond donors (Lipinski definition) is 2. The molecule has 0 saturated heterocycles. The Morgan fingerprint density at radius 3 is 2.68 bits per heavy atom. The zero-order chi connectivity index (χ0) is 14.4. The Hall–Kier alpha value is -1.59. The minimum atomic E-state index is -0.520. The zero-order valence-corrected chi connectivity index (χ0v) is 11.9. The Bertz CT molecular complexity index is 477. The SMILES string of the molecule is CNCC(C)C(=O)Nc1cc(Cl)ccc1C(=O)OC. The van der Waals surface area contributed by atoms with E-state index in [1.54, 1.807) is 20.0 Å². The van der Waals surface area contributed by atoms with Crippen molar-refractivity contribution in [3.8, 4) is 0 Å². The number of rotatable bonds is 5. The largest absolute Gasteiger partial charge is 0.465 e. The summed E-state index contributed by atoms with van der Waals surface area (Å²) >= 11 is 5.87. The Morgan fingerprint density at radius 1 is 1.42 bits per heavy atom. The molecule has 2 N–H and O–H groups in total. The Kier molecular flexibility index (Phi) is 5.79. The lowest BCUT2D eigenvalue weighted by atomic mass is 10.1. The van der Waals surface area contributed by atoms with Gasteiger partial charge in [0.15, 0.2) is 0 Å². The highest BCUT2D eigenvalue weighted by molar-refractivity contribution is 6.31. The third kappa shape index (κ3) is 4.22. The summed E-state index contributed by atoms with van der Waals surface area (Å²) in [5, 5.41) is 6.04. The van der Waals surface area contributed by atoms with Crippen molar-refractivity contribution < 1.29 is 14.3 Å². The van der Waals surface area contributed by atoms with Crippen LogP contribution in [0, 0.1) is 5.92 Å². The van der Waals surface area contributed by atoms with Crippen molar-refractivity contribution in [1.82, 2.24) is 5.32 Å². The third-order valence-electron chi connectivity index (χ3n) is 2.60. The van der Waals surface area contributed by atoms with Gasteiger partial charge in [0.05, 0.1) is 18.4 Å². The Balaban J connectivity index is 2.96. The first-order valence-electron chi connectivity index (χ1n) is 5.83. The smallest absolute Gasteiger partial charge is 0.339 e. The van der Waals surface area contributed by atoms with Gasteiger partial charge in [-0.1, -0.05) is 18.5 Å². The summed E-state index contributed by atoms with van der Waals surface area (Å²) in [7, 11) is 3.05. The van der Waals surface area contributed by atoms with Gasteiger partial charge in [-0.2, -0.15) is 0 Å². The molecule has 19 heavy (non-hydrogen) atoms. The normalized spacial score (nSPS) is 11.8. The molecule has 1 rings (SSSR count). The maximum atomic E-state index is 11.9. The van der Waals surface area contributed by atoms with Crippen LogP contribution in [0.5, 0.6) is 0 Å². The van der Waals surface area contributed by atoms with E-state index in [1.165, 1.54) is 19.2 Å². The van der Waals surface area contributed by atoms with Crippen LogP contribution < -0.4 is 10.6 Å². The van der Waals surface area contributed by atoms with Crippen molar-refractivity contribution in [2.24, 2.45) is 5.92 Å². The van der Waals surface area contributed by atoms with Gasteiger partial charge >= 0.3 is 5.97 Å². The van der Waals surface area contributed by atoms with E-state index in [-0.39, 0.29) is 17.4 Å². The molecule has 104 valence electrons. The van der Waals surface area contributed by atoms with Gasteiger partial charge in [0.2, 0.25) is 5.91 Å². The van der Waals surface area contributed by atoms with Crippen molar-refractivity contribution in [3.63, 3.8) is 0 Å². The molecular weight excluding hydrogens is 268 g/mol. The molecule has 1 aromatic rings. The molecule has 1 amide bonds. The lowest BCUT2D eigenvalue weighted by molar-refractivity contribution is -0.119. The van der Waals surface area contributed by atoms with E-state index in [2.05, 4.69) is 15.4 Å². The molecule has 0 fully saturated rings. The summed E-state index contributed by atoms with van der Waals surface area (Å²) < 4.78 is 4.66. The van der Waals surface area contributed by atoms with Crippen molar-refractivity contribution in [3.05, 3.63) is 28.8 Å². The number of nitrogens with one attached hydrogen (secondary N) is 2. The molecule has 1 unspecified atom stereocenters. The highest BCUT2D eigenvalue weighted by Crippen LogP contribution is 2.22. The van der Waals surface area contributed by atoms with E-state index in [1.807, 2.05) is 0 Å². The van der Waals surface area contributed by atoms with E-state index in [9.17, 15) is 9.59 Å². The van der Waals surface area contributed by atoms with Gasteiger partial charge < -0.3 is 15.4 Å². The summed E-state index contributed by atoms with van der Waals surface area (Å²) in [5.74, 6) is -0.940. The second kappa shape index (κ2) is 7.11. The van der Waals surface area contributed by atoms with Crippen molar-refractivity contribution >= 4 is 29.2 Å². The summed E-state index contributed by atoms with van der Waals surface area (Å²) in [6.07, 6.45) is 0. The Morgan fingerprint density at radius 2 is 2.11 bits per heavy atom. The predicted molar refractivity (Wildman–Crippen MR) is 74.5 cm³/mol. The van der Waals surface area contributed by atoms with Gasteiger partial charge in [0, 0.05) is 17.5 Å². The summed E-state index contributed by atoms with van der Waals surface area (Å²) in [6, 6.07) is 4.62.